The molecule has 0 aliphatic heterocycles. The number of carbonyl (C=O) groups is 7. The molecular formula is C38H45FN4O12. The minimum atomic E-state index is -1.68. The summed E-state index contributed by atoms with van der Waals surface area (Å²) in [5.74, 6) is -7.68. The van der Waals surface area contributed by atoms with Gasteiger partial charge in [0, 0.05) is 5.56 Å². The Balaban J connectivity index is 1.71. The highest BCUT2D eigenvalue weighted by Gasteiger charge is 2.34. The SMILES string of the molecule is CCCCC[C@@H](C(=O)NCNC(=O)c1ccc(-c2ccc(C(=O)N[C@@H](CC(=O)O)C(=O)O)c(OCC)c2)o1)[C@@H](CC)N(C=O)OC(=O)c1c(C)cccc1F. The normalized spacial score (nSPS) is 12.4. The average Bonchev–Trinajstić information content (AvgIpc) is 3.64. The first-order valence-electron chi connectivity index (χ1n) is 17.6. The van der Waals surface area contributed by atoms with Crippen LogP contribution >= 0.6 is 0 Å². The van der Waals surface area contributed by atoms with E-state index in [2.05, 4.69) is 16.0 Å². The van der Waals surface area contributed by atoms with Gasteiger partial charge in [0.2, 0.25) is 12.3 Å². The average molecular weight is 769 g/mol. The van der Waals surface area contributed by atoms with Gasteiger partial charge in [-0.15, -0.1) is 0 Å². The molecule has 4 amide bonds. The van der Waals surface area contributed by atoms with Crippen LogP contribution in [0.15, 0.2) is 52.9 Å². The molecule has 55 heavy (non-hydrogen) atoms. The summed E-state index contributed by atoms with van der Waals surface area (Å²) in [6, 6.07) is 8.57. The fraction of sp³-hybridized carbons (Fsp3) is 0.395. The maximum atomic E-state index is 14.5. The smallest absolute Gasteiger partial charge is 0.366 e. The fourth-order valence-electron chi connectivity index (χ4n) is 5.75. The molecule has 1 aromatic heterocycles. The fourth-order valence-corrected chi connectivity index (χ4v) is 5.75. The summed E-state index contributed by atoms with van der Waals surface area (Å²) in [5.41, 5.74) is 0.302. The highest BCUT2D eigenvalue weighted by Crippen LogP contribution is 2.29. The summed E-state index contributed by atoms with van der Waals surface area (Å²) in [6.07, 6.45) is 2.21. The van der Waals surface area contributed by atoms with Crippen molar-refractivity contribution in [2.24, 2.45) is 5.92 Å². The molecule has 2 aromatic carbocycles. The Morgan fingerprint density at radius 3 is 2.33 bits per heavy atom. The number of furan rings is 1. The van der Waals surface area contributed by atoms with Crippen molar-refractivity contribution in [3.63, 3.8) is 0 Å². The number of aliphatic carboxylic acids is 2. The van der Waals surface area contributed by atoms with Crippen molar-refractivity contribution in [2.45, 2.75) is 78.3 Å². The highest BCUT2D eigenvalue weighted by atomic mass is 19.1. The monoisotopic (exact) mass is 768 g/mol. The second-order valence-corrected chi connectivity index (χ2v) is 12.3. The first kappa shape index (κ1) is 43.1. The number of aryl methyl sites for hydroxylation is 1. The number of amides is 4. The van der Waals surface area contributed by atoms with Gasteiger partial charge in [-0.3, -0.25) is 24.0 Å². The molecule has 296 valence electrons. The van der Waals surface area contributed by atoms with Gasteiger partial charge < -0.3 is 40.2 Å². The zero-order valence-corrected chi connectivity index (χ0v) is 30.9. The van der Waals surface area contributed by atoms with Crippen molar-refractivity contribution in [1.29, 1.82) is 0 Å². The summed E-state index contributed by atoms with van der Waals surface area (Å²) >= 11 is 0. The number of hydrogen-bond donors (Lipinski definition) is 5. The van der Waals surface area contributed by atoms with Crippen molar-refractivity contribution in [3.8, 4) is 17.1 Å². The predicted octanol–water partition coefficient (Wildman–Crippen LogP) is 4.46. The van der Waals surface area contributed by atoms with Gasteiger partial charge in [-0.1, -0.05) is 51.3 Å². The van der Waals surface area contributed by atoms with Crippen LogP contribution in [-0.4, -0.2) is 82.7 Å². The zero-order valence-electron chi connectivity index (χ0n) is 30.9. The lowest BCUT2D eigenvalue weighted by atomic mass is 9.90. The van der Waals surface area contributed by atoms with E-state index in [4.69, 9.17) is 19.1 Å². The molecule has 1 heterocycles. The number of halogens is 1. The molecule has 16 nitrogen and oxygen atoms in total. The molecule has 0 unspecified atom stereocenters. The second kappa shape index (κ2) is 20.8. The van der Waals surface area contributed by atoms with E-state index >= 15 is 0 Å². The van der Waals surface area contributed by atoms with Gasteiger partial charge in [-0.25, -0.2) is 14.0 Å². The summed E-state index contributed by atoms with van der Waals surface area (Å²) in [5, 5.41) is 26.4. The van der Waals surface area contributed by atoms with Crippen LogP contribution in [-0.2, 0) is 24.0 Å². The number of nitrogens with zero attached hydrogens (tertiary/aromatic N) is 1. The number of carboxylic acid groups (broad SMARTS) is 2. The molecule has 3 aromatic rings. The Hall–Kier alpha value is -6.26. The number of hydroxylamine groups is 2. The van der Waals surface area contributed by atoms with E-state index in [1.54, 1.807) is 13.8 Å². The van der Waals surface area contributed by atoms with Crippen molar-refractivity contribution in [1.82, 2.24) is 21.0 Å². The first-order valence-corrected chi connectivity index (χ1v) is 17.6. The van der Waals surface area contributed by atoms with Gasteiger partial charge in [0.25, 0.3) is 11.8 Å². The van der Waals surface area contributed by atoms with Crippen molar-refractivity contribution < 1.29 is 62.2 Å². The van der Waals surface area contributed by atoms with E-state index in [0.717, 1.165) is 24.0 Å². The number of benzene rings is 2. The molecule has 0 spiro atoms. The molecule has 0 radical (unpaired) electrons. The van der Waals surface area contributed by atoms with Crippen LogP contribution in [0.3, 0.4) is 0 Å². The third-order valence-electron chi connectivity index (χ3n) is 8.52. The summed E-state index contributed by atoms with van der Waals surface area (Å²) in [4.78, 5) is 92.2. The predicted molar refractivity (Wildman–Crippen MR) is 193 cm³/mol. The molecule has 0 aliphatic rings. The minimum absolute atomic E-state index is 0.0474. The van der Waals surface area contributed by atoms with Crippen LogP contribution in [0.1, 0.15) is 96.1 Å². The number of rotatable bonds is 22. The topological polar surface area (TPSA) is 231 Å². The lowest BCUT2D eigenvalue weighted by Crippen LogP contribution is -2.49. The van der Waals surface area contributed by atoms with Gasteiger partial charge >= 0.3 is 17.9 Å². The molecule has 5 N–H and O–H groups in total. The van der Waals surface area contributed by atoms with E-state index in [1.807, 2.05) is 6.92 Å². The minimum Gasteiger partial charge on any atom is -0.493 e. The zero-order chi connectivity index (χ0) is 40.7. The molecule has 0 saturated heterocycles. The van der Waals surface area contributed by atoms with Gasteiger partial charge in [-0.2, -0.15) is 5.06 Å². The molecule has 0 saturated carbocycles. The largest absolute Gasteiger partial charge is 0.493 e. The number of hydrogen-bond acceptors (Lipinski definition) is 10. The Labute approximate surface area is 316 Å². The summed E-state index contributed by atoms with van der Waals surface area (Å²) in [7, 11) is 0. The Kier molecular flexibility index (Phi) is 16.3. The van der Waals surface area contributed by atoms with Gasteiger partial charge in [0.15, 0.2) is 5.76 Å². The van der Waals surface area contributed by atoms with E-state index in [1.165, 1.54) is 49.4 Å². The molecule has 0 aliphatic carbocycles. The standard InChI is InChI=1S/C38H45FN4O12/c1-5-8-9-12-24(28(6-2)43(21-44)55-38(52)33-22(4)11-10-13-26(33)39)34(47)40-20-41-36(49)30-17-16-29(54-30)23-14-15-25(31(18-23)53-7-3)35(48)42-27(37(50)51)19-32(45)46/h10-11,13-18,21,24,27-28H,5-9,12,19-20H2,1-4H3,(H,40,47)(H,41,49)(H,42,48)(H,45,46)(H,50,51)/t24-,27+,28-/m1/s1. The summed E-state index contributed by atoms with van der Waals surface area (Å²) < 4.78 is 25.7. The maximum Gasteiger partial charge on any atom is 0.366 e. The molecule has 3 rings (SSSR count). The third-order valence-corrected chi connectivity index (χ3v) is 8.52. The Morgan fingerprint density at radius 1 is 0.964 bits per heavy atom. The molecule has 3 atom stereocenters. The third kappa shape index (κ3) is 11.9. The van der Waals surface area contributed by atoms with E-state index in [0.29, 0.717) is 24.0 Å². The van der Waals surface area contributed by atoms with Crippen molar-refractivity contribution in [2.75, 3.05) is 13.3 Å². The van der Waals surface area contributed by atoms with Crippen LogP contribution in [0.5, 0.6) is 5.75 Å². The van der Waals surface area contributed by atoms with Crippen molar-refractivity contribution >= 4 is 42.0 Å². The molecule has 17 heteroatoms. The number of ether oxygens (including phenoxy) is 1. The van der Waals surface area contributed by atoms with Gasteiger partial charge in [0.05, 0.1) is 37.2 Å². The number of carbonyl (C=O) groups excluding carboxylic acids is 5. The van der Waals surface area contributed by atoms with Crippen LogP contribution in [0.2, 0.25) is 0 Å². The number of nitrogens with one attached hydrogen (secondary N) is 3. The molecular weight excluding hydrogens is 723 g/mol. The van der Waals surface area contributed by atoms with Crippen molar-refractivity contribution in [3.05, 3.63) is 76.8 Å². The second-order valence-electron chi connectivity index (χ2n) is 12.3. The number of carboxylic acids is 2. The van der Waals surface area contributed by atoms with Gasteiger partial charge in [-0.05, 0) is 62.6 Å². The summed E-state index contributed by atoms with van der Waals surface area (Å²) in [6.45, 7) is 6.66. The van der Waals surface area contributed by atoms with Gasteiger partial charge in [0.1, 0.15) is 28.9 Å². The van der Waals surface area contributed by atoms with Crippen LogP contribution < -0.4 is 20.7 Å². The Morgan fingerprint density at radius 2 is 1.71 bits per heavy atom. The van der Waals surface area contributed by atoms with Crippen LogP contribution in [0, 0.1) is 18.7 Å². The Bertz CT molecular complexity index is 1840. The van der Waals surface area contributed by atoms with Crippen LogP contribution in [0.4, 0.5) is 4.39 Å². The van der Waals surface area contributed by atoms with E-state index < -0.39 is 65.9 Å². The molecule has 0 bridgehead atoms. The maximum absolute atomic E-state index is 14.5. The first-order chi connectivity index (χ1) is 26.3. The van der Waals surface area contributed by atoms with E-state index in [9.17, 15) is 43.1 Å². The lowest BCUT2D eigenvalue weighted by molar-refractivity contribution is -0.171. The number of unbranched alkanes of at least 4 members (excludes halogenated alkanes) is 2. The van der Waals surface area contributed by atoms with Crippen LogP contribution in [0.25, 0.3) is 11.3 Å². The van der Waals surface area contributed by atoms with E-state index in [-0.39, 0.29) is 54.5 Å². The quantitative estimate of drug-likeness (QED) is 0.0413. The highest BCUT2D eigenvalue weighted by molar-refractivity contribution is 6.00. The lowest BCUT2D eigenvalue weighted by Gasteiger charge is -2.32. The molecule has 0 fully saturated rings.